The fraction of sp³-hybridized carbons (Fsp3) is 0.455. The minimum Gasteiger partial charge on any atom is -0.493 e. The Morgan fingerprint density at radius 2 is 2.06 bits per heavy atom. The first kappa shape index (κ1) is 26.2. The van der Waals surface area contributed by atoms with Gasteiger partial charge in [0.05, 0.1) is 17.9 Å². The summed E-state index contributed by atoms with van der Waals surface area (Å²) in [7, 11) is 1.77. The van der Waals surface area contributed by atoms with Gasteiger partial charge in [-0.3, -0.25) is 14.5 Å². The maximum absolute atomic E-state index is 12.9. The summed E-state index contributed by atoms with van der Waals surface area (Å²) >= 11 is 1.55. The number of benzene rings is 1. The van der Waals surface area contributed by atoms with Gasteiger partial charge in [0.15, 0.2) is 10.7 Å². The molecule has 0 aliphatic rings. The van der Waals surface area contributed by atoms with Crippen molar-refractivity contribution in [2.24, 2.45) is 12.0 Å². The minimum atomic E-state index is -0.213. The van der Waals surface area contributed by atoms with Crippen LogP contribution in [0.4, 0.5) is 5.69 Å². The summed E-state index contributed by atoms with van der Waals surface area (Å²) < 4.78 is 7.57. The summed E-state index contributed by atoms with van der Waals surface area (Å²) in [5, 5.41) is 8.66. The van der Waals surface area contributed by atoms with Gasteiger partial charge in [-0.2, -0.15) is 5.10 Å². The smallest absolute Gasteiger partial charge is 0.277 e. The van der Waals surface area contributed by atoms with Gasteiger partial charge in [0.2, 0.25) is 0 Å². The molecular weight excluding hydrogens is 539 g/mol. The Labute approximate surface area is 209 Å². The van der Waals surface area contributed by atoms with E-state index in [1.54, 1.807) is 23.5 Å². The zero-order valence-electron chi connectivity index (χ0n) is 19.2. The maximum Gasteiger partial charge on any atom is 0.277 e. The number of aromatic amines is 1. The number of aromatic nitrogens is 4. The molecule has 0 fully saturated rings. The van der Waals surface area contributed by atoms with Crippen molar-refractivity contribution >= 4 is 57.6 Å². The van der Waals surface area contributed by atoms with E-state index in [9.17, 15) is 4.79 Å². The van der Waals surface area contributed by atoms with Crippen molar-refractivity contribution in [3.63, 3.8) is 0 Å². The zero-order chi connectivity index (χ0) is 22.4. The number of ether oxygens (including phenoxy) is 1. The molecule has 2 aromatic heterocycles. The number of anilines is 1. The average Bonchev–Trinajstić information content (AvgIpc) is 3.08. The van der Waals surface area contributed by atoms with E-state index in [0.717, 1.165) is 41.4 Å². The fourth-order valence-corrected chi connectivity index (χ4v) is 3.81. The fourth-order valence-electron chi connectivity index (χ4n) is 3.33. The second kappa shape index (κ2) is 12.2. The first-order chi connectivity index (χ1) is 15.0. The number of rotatable bonds is 8. The molecule has 3 rings (SSSR count). The lowest BCUT2D eigenvalue weighted by atomic mass is 10.1. The largest absolute Gasteiger partial charge is 0.493 e. The van der Waals surface area contributed by atoms with Crippen LogP contribution in [-0.2, 0) is 13.5 Å². The first-order valence-corrected chi connectivity index (χ1v) is 11.8. The molecule has 0 aliphatic heterocycles. The molecular formula is C22H31IN6O2S. The Kier molecular flexibility index (Phi) is 10.0. The molecule has 8 nitrogen and oxygen atoms in total. The molecule has 0 aliphatic carbocycles. The number of amidine groups is 1. The number of aryl methyl sites for hydroxylation is 2. The van der Waals surface area contributed by atoms with Crippen LogP contribution in [0.1, 0.15) is 39.3 Å². The van der Waals surface area contributed by atoms with Crippen LogP contribution in [0.25, 0.3) is 22.4 Å². The van der Waals surface area contributed by atoms with E-state index in [1.807, 2.05) is 31.4 Å². The molecule has 0 atom stereocenters. The lowest BCUT2D eigenvalue weighted by Gasteiger charge is -2.14. The Morgan fingerprint density at radius 3 is 2.72 bits per heavy atom. The van der Waals surface area contributed by atoms with Crippen molar-refractivity contribution in [2.45, 2.75) is 40.0 Å². The van der Waals surface area contributed by atoms with E-state index in [-0.39, 0.29) is 29.5 Å². The quantitative estimate of drug-likeness (QED) is 0.229. The average molecular weight is 571 g/mol. The highest BCUT2D eigenvalue weighted by Gasteiger charge is 2.18. The molecule has 174 valence electrons. The third-order valence-electron chi connectivity index (χ3n) is 4.69. The molecule has 0 amide bonds. The summed E-state index contributed by atoms with van der Waals surface area (Å²) in [6.45, 7) is 7.41. The van der Waals surface area contributed by atoms with Gasteiger partial charge < -0.3 is 15.0 Å². The number of halogens is 1. The van der Waals surface area contributed by atoms with Crippen molar-refractivity contribution < 1.29 is 4.74 Å². The molecule has 10 heteroatoms. The molecule has 0 radical (unpaired) electrons. The van der Waals surface area contributed by atoms with Crippen LogP contribution in [0.2, 0.25) is 0 Å². The van der Waals surface area contributed by atoms with Crippen molar-refractivity contribution in [1.82, 2.24) is 19.7 Å². The number of thioether (sulfide) groups is 1. The molecule has 1 aromatic carbocycles. The summed E-state index contributed by atoms with van der Waals surface area (Å²) in [5.74, 6) is 1.14. The van der Waals surface area contributed by atoms with Crippen LogP contribution in [0.5, 0.6) is 5.75 Å². The molecule has 2 N–H and O–H groups in total. The highest BCUT2D eigenvalue weighted by atomic mass is 127. The lowest BCUT2D eigenvalue weighted by molar-refractivity contribution is 0.318. The first-order valence-electron chi connectivity index (χ1n) is 10.6. The van der Waals surface area contributed by atoms with Gasteiger partial charge in [-0.25, -0.2) is 4.98 Å². The van der Waals surface area contributed by atoms with Crippen molar-refractivity contribution in [1.29, 1.82) is 0 Å². The SMILES string of the molecule is CCCOc1ccc(NC(=NCC)SC)cc1-c1nc2c(CCC)nn(C)c2c(=O)[nH]1.I. The third kappa shape index (κ3) is 5.83. The summed E-state index contributed by atoms with van der Waals surface area (Å²) in [5.41, 5.74) is 3.31. The van der Waals surface area contributed by atoms with Gasteiger partial charge in [0, 0.05) is 19.3 Å². The highest BCUT2D eigenvalue weighted by molar-refractivity contribution is 14.0. The van der Waals surface area contributed by atoms with Gasteiger partial charge >= 0.3 is 0 Å². The third-order valence-corrected chi connectivity index (χ3v) is 5.31. The van der Waals surface area contributed by atoms with E-state index < -0.39 is 0 Å². The van der Waals surface area contributed by atoms with Crippen LogP contribution in [0.15, 0.2) is 28.0 Å². The topological polar surface area (TPSA) is 97.2 Å². The maximum atomic E-state index is 12.9. The van der Waals surface area contributed by atoms with E-state index in [0.29, 0.717) is 35.8 Å². The van der Waals surface area contributed by atoms with Gasteiger partial charge in [0.25, 0.3) is 5.56 Å². The van der Waals surface area contributed by atoms with E-state index in [1.165, 1.54) is 0 Å². The van der Waals surface area contributed by atoms with Crippen LogP contribution >= 0.6 is 35.7 Å². The lowest BCUT2D eigenvalue weighted by Crippen LogP contribution is -2.13. The number of H-pyrrole nitrogens is 1. The van der Waals surface area contributed by atoms with Crippen molar-refractivity contribution in [3.05, 3.63) is 34.2 Å². The number of nitrogens with zero attached hydrogens (tertiary/aromatic N) is 4. The number of nitrogens with one attached hydrogen (secondary N) is 2. The monoisotopic (exact) mass is 570 g/mol. The summed E-state index contributed by atoms with van der Waals surface area (Å²) in [6.07, 6.45) is 4.55. The molecule has 32 heavy (non-hydrogen) atoms. The molecule has 0 bridgehead atoms. The van der Waals surface area contributed by atoms with Crippen LogP contribution in [0, 0.1) is 0 Å². The molecule has 0 spiro atoms. The Bertz CT molecular complexity index is 1140. The Balaban J connectivity index is 0.00000363. The zero-order valence-corrected chi connectivity index (χ0v) is 22.3. The van der Waals surface area contributed by atoms with E-state index >= 15 is 0 Å². The van der Waals surface area contributed by atoms with Gasteiger partial charge in [0.1, 0.15) is 17.1 Å². The van der Waals surface area contributed by atoms with Crippen LogP contribution < -0.4 is 15.6 Å². The standard InChI is InChI=1S/C22H30N6O2S.HI/c1-6-9-16-18-19(28(4)27-16)21(29)26-20(25-18)15-13-14(24-22(31-5)23-8-3)10-11-17(15)30-12-7-2;/h10-11,13H,6-9,12H2,1-5H3,(H,23,24)(H,25,26,29);1H. The molecule has 0 saturated carbocycles. The molecule has 0 unspecified atom stereocenters. The van der Waals surface area contributed by atoms with E-state index in [4.69, 9.17) is 9.72 Å². The summed E-state index contributed by atoms with van der Waals surface area (Å²) in [6, 6.07) is 5.78. The number of aliphatic imine (C=N–C) groups is 1. The molecule has 2 heterocycles. The summed E-state index contributed by atoms with van der Waals surface area (Å²) in [4.78, 5) is 25.1. The minimum absolute atomic E-state index is 0. The van der Waals surface area contributed by atoms with Crippen LogP contribution in [0.3, 0.4) is 0 Å². The van der Waals surface area contributed by atoms with E-state index in [2.05, 4.69) is 34.2 Å². The molecule has 0 saturated heterocycles. The van der Waals surface area contributed by atoms with Crippen molar-refractivity contribution in [2.75, 3.05) is 24.7 Å². The highest BCUT2D eigenvalue weighted by Crippen LogP contribution is 2.32. The Morgan fingerprint density at radius 1 is 1.28 bits per heavy atom. The normalized spacial score (nSPS) is 11.5. The number of hydrogen-bond acceptors (Lipinski definition) is 6. The number of fused-ring (bicyclic) bond motifs is 1. The van der Waals surface area contributed by atoms with Gasteiger partial charge in [-0.05, 0) is 44.2 Å². The molecule has 3 aromatic rings. The second-order valence-corrected chi connectivity index (χ2v) is 7.90. The van der Waals surface area contributed by atoms with Crippen molar-refractivity contribution in [3.8, 4) is 17.1 Å². The van der Waals surface area contributed by atoms with Gasteiger partial charge in [-0.15, -0.1) is 24.0 Å². The Hall–Kier alpha value is -2.08. The number of hydrogen-bond donors (Lipinski definition) is 2. The van der Waals surface area contributed by atoms with Crippen LogP contribution in [-0.4, -0.2) is 44.3 Å². The predicted molar refractivity (Wildman–Crippen MR) is 145 cm³/mol. The second-order valence-electron chi connectivity index (χ2n) is 7.10. The predicted octanol–water partition coefficient (Wildman–Crippen LogP) is 4.83. The van der Waals surface area contributed by atoms with Gasteiger partial charge in [-0.1, -0.05) is 32.0 Å².